The molecule has 1 aromatic heterocycles. The maximum absolute atomic E-state index is 13.7. The normalized spacial score (nSPS) is 10.9. The lowest BCUT2D eigenvalue weighted by atomic mass is 10.1. The molecule has 0 saturated heterocycles. The molecule has 1 aromatic carbocycles. The second-order valence-electron chi connectivity index (χ2n) is 4.64. The first-order valence-electron chi connectivity index (χ1n) is 6.69. The van der Waals surface area contributed by atoms with Crippen LogP contribution in [0.3, 0.4) is 0 Å². The molecule has 2 aromatic rings. The molecule has 112 valence electrons. The average molecular weight is 313 g/mol. The van der Waals surface area contributed by atoms with E-state index in [-0.39, 0.29) is 17.0 Å². The van der Waals surface area contributed by atoms with E-state index in [1.54, 1.807) is 4.68 Å². The monoisotopic (exact) mass is 312 g/mol. The standard InChI is InChI=1S/C15H15ClF2N2O/c1-3-9-5-10(20(4-2)19-9)6-15(21)11-7-14(18)12(16)8-13(11)17/h5,7-8H,3-4,6H2,1-2H3. The summed E-state index contributed by atoms with van der Waals surface area (Å²) in [5.41, 5.74) is 1.26. The minimum Gasteiger partial charge on any atom is -0.294 e. The molecule has 2 rings (SSSR count). The van der Waals surface area contributed by atoms with Gasteiger partial charge >= 0.3 is 0 Å². The zero-order valence-corrected chi connectivity index (χ0v) is 12.5. The molecule has 0 amide bonds. The van der Waals surface area contributed by atoms with Crippen molar-refractivity contribution >= 4 is 17.4 Å². The van der Waals surface area contributed by atoms with Crippen LogP contribution in [-0.2, 0) is 19.4 Å². The summed E-state index contributed by atoms with van der Waals surface area (Å²) in [6.07, 6.45) is 0.719. The van der Waals surface area contributed by atoms with Crippen molar-refractivity contribution in [1.82, 2.24) is 9.78 Å². The minimum atomic E-state index is -0.815. The molecule has 0 aliphatic carbocycles. The largest absolute Gasteiger partial charge is 0.294 e. The number of hydrogen-bond acceptors (Lipinski definition) is 2. The number of nitrogens with zero attached hydrogens (tertiary/aromatic N) is 2. The van der Waals surface area contributed by atoms with E-state index in [2.05, 4.69) is 5.10 Å². The summed E-state index contributed by atoms with van der Waals surface area (Å²) < 4.78 is 28.8. The molecule has 0 aliphatic heterocycles. The highest BCUT2D eigenvalue weighted by Gasteiger charge is 2.18. The van der Waals surface area contributed by atoms with Gasteiger partial charge in [-0.15, -0.1) is 0 Å². The Morgan fingerprint density at radius 3 is 2.57 bits per heavy atom. The highest BCUT2D eigenvalue weighted by molar-refractivity contribution is 6.30. The Morgan fingerprint density at radius 2 is 1.95 bits per heavy atom. The Hall–Kier alpha value is -1.75. The van der Waals surface area contributed by atoms with Gasteiger partial charge in [0, 0.05) is 12.2 Å². The van der Waals surface area contributed by atoms with Gasteiger partial charge in [-0.25, -0.2) is 8.78 Å². The fraction of sp³-hybridized carbons (Fsp3) is 0.333. The van der Waals surface area contributed by atoms with Gasteiger partial charge in [0.05, 0.1) is 22.7 Å². The molecule has 3 nitrogen and oxygen atoms in total. The quantitative estimate of drug-likeness (QED) is 0.621. The molecule has 0 saturated carbocycles. The Morgan fingerprint density at radius 1 is 1.24 bits per heavy atom. The van der Waals surface area contributed by atoms with Crippen molar-refractivity contribution in [3.05, 3.63) is 51.8 Å². The SMILES string of the molecule is CCc1cc(CC(=O)c2cc(F)c(Cl)cc2F)n(CC)n1. The minimum absolute atomic E-state index is 0.0289. The molecule has 0 N–H and O–H groups in total. The molecule has 0 bridgehead atoms. The molecule has 0 spiro atoms. The Labute approximate surface area is 126 Å². The molecule has 0 unspecified atom stereocenters. The summed E-state index contributed by atoms with van der Waals surface area (Å²) in [4.78, 5) is 12.2. The van der Waals surface area contributed by atoms with E-state index >= 15 is 0 Å². The van der Waals surface area contributed by atoms with Crippen LogP contribution in [-0.4, -0.2) is 15.6 Å². The highest BCUT2D eigenvalue weighted by Crippen LogP contribution is 2.21. The summed E-state index contributed by atoms with van der Waals surface area (Å²) in [6.45, 7) is 4.48. The topological polar surface area (TPSA) is 34.9 Å². The van der Waals surface area contributed by atoms with E-state index in [1.807, 2.05) is 19.9 Å². The third kappa shape index (κ3) is 3.29. The second kappa shape index (κ2) is 6.35. The highest BCUT2D eigenvalue weighted by atomic mass is 35.5. The molecule has 1 heterocycles. The zero-order valence-electron chi connectivity index (χ0n) is 11.8. The third-order valence-electron chi connectivity index (χ3n) is 3.23. The van der Waals surface area contributed by atoms with E-state index in [9.17, 15) is 13.6 Å². The number of carbonyl (C=O) groups is 1. The number of hydrogen-bond donors (Lipinski definition) is 0. The molecule has 0 atom stereocenters. The Bertz CT molecular complexity index is 683. The van der Waals surface area contributed by atoms with Crippen molar-refractivity contribution in [2.45, 2.75) is 33.2 Å². The van der Waals surface area contributed by atoms with Gasteiger partial charge < -0.3 is 0 Å². The molecule has 0 fully saturated rings. The van der Waals surface area contributed by atoms with Gasteiger partial charge in [-0.2, -0.15) is 5.10 Å². The van der Waals surface area contributed by atoms with Crippen LogP contribution >= 0.6 is 11.6 Å². The summed E-state index contributed by atoms with van der Waals surface area (Å²) in [5.74, 6) is -2.12. The van der Waals surface area contributed by atoms with E-state index in [4.69, 9.17) is 11.6 Å². The molecule has 0 aliphatic rings. The third-order valence-corrected chi connectivity index (χ3v) is 3.52. The summed E-state index contributed by atoms with van der Waals surface area (Å²) in [5, 5.41) is 3.99. The molecule has 6 heteroatoms. The number of benzene rings is 1. The first-order chi connectivity index (χ1) is 9.96. The van der Waals surface area contributed by atoms with Gasteiger partial charge in [0.25, 0.3) is 0 Å². The van der Waals surface area contributed by atoms with Crippen molar-refractivity contribution in [3.63, 3.8) is 0 Å². The Kier molecular flexibility index (Phi) is 4.73. The van der Waals surface area contributed by atoms with Crippen LogP contribution in [0.1, 0.15) is 35.6 Å². The molecule has 21 heavy (non-hydrogen) atoms. The van der Waals surface area contributed by atoms with Crippen molar-refractivity contribution in [3.8, 4) is 0 Å². The number of halogens is 3. The van der Waals surface area contributed by atoms with Gasteiger partial charge in [0.1, 0.15) is 11.6 Å². The predicted molar refractivity (Wildman–Crippen MR) is 76.7 cm³/mol. The van der Waals surface area contributed by atoms with Crippen molar-refractivity contribution in [1.29, 1.82) is 0 Å². The lowest BCUT2D eigenvalue weighted by molar-refractivity contribution is 0.0986. The van der Waals surface area contributed by atoms with E-state index in [1.165, 1.54) is 0 Å². The fourth-order valence-electron chi connectivity index (χ4n) is 2.10. The summed E-state index contributed by atoms with van der Waals surface area (Å²) in [6, 6.07) is 3.47. The predicted octanol–water partition coefficient (Wildman–Crippen LogP) is 3.82. The average Bonchev–Trinajstić information content (AvgIpc) is 2.84. The van der Waals surface area contributed by atoms with Crippen LogP contribution in [0.5, 0.6) is 0 Å². The maximum Gasteiger partial charge on any atom is 0.171 e. The first kappa shape index (κ1) is 15.6. The van der Waals surface area contributed by atoms with Gasteiger partial charge in [0.2, 0.25) is 0 Å². The van der Waals surface area contributed by atoms with Crippen LogP contribution in [0.4, 0.5) is 8.78 Å². The van der Waals surface area contributed by atoms with Crippen molar-refractivity contribution in [2.24, 2.45) is 0 Å². The number of carbonyl (C=O) groups excluding carboxylic acids is 1. The molecule has 0 radical (unpaired) electrons. The van der Waals surface area contributed by atoms with Crippen LogP contribution < -0.4 is 0 Å². The summed E-state index contributed by atoms with van der Waals surface area (Å²) >= 11 is 5.48. The number of aryl methyl sites for hydroxylation is 2. The first-order valence-corrected chi connectivity index (χ1v) is 7.07. The molecular formula is C15H15ClF2N2O. The van der Waals surface area contributed by atoms with Crippen LogP contribution in [0.25, 0.3) is 0 Å². The van der Waals surface area contributed by atoms with E-state index < -0.39 is 17.4 Å². The van der Waals surface area contributed by atoms with Gasteiger partial charge in [-0.3, -0.25) is 9.48 Å². The van der Waals surface area contributed by atoms with E-state index in [0.717, 1.165) is 24.2 Å². The number of rotatable bonds is 5. The number of aromatic nitrogens is 2. The lowest BCUT2D eigenvalue weighted by Crippen LogP contribution is -2.11. The Balaban J connectivity index is 2.30. The maximum atomic E-state index is 13.7. The lowest BCUT2D eigenvalue weighted by Gasteiger charge is -2.06. The van der Waals surface area contributed by atoms with Crippen LogP contribution in [0.2, 0.25) is 5.02 Å². The van der Waals surface area contributed by atoms with Crippen LogP contribution in [0, 0.1) is 11.6 Å². The number of Topliss-reactive ketones (excluding diaryl/α,β-unsaturated/α-hetero) is 1. The van der Waals surface area contributed by atoms with Gasteiger partial charge in [0.15, 0.2) is 5.78 Å². The van der Waals surface area contributed by atoms with Gasteiger partial charge in [-0.05, 0) is 31.5 Å². The van der Waals surface area contributed by atoms with Crippen LogP contribution in [0.15, 0.2) is 18.2 Å². The zero-order chi connectivity index (χ0) is 15.6. The van der Waals surface area contributed by atoms with E-state index in [0.29, 0.717) is 12.2 Å². The van der Waals surface area contributed by atoms with Crippen molar-refractivity contribution < 1.29 is 13.6 Å². The molecular weight excluding hydrogens is 298 g/mol. The second-order valence-corrected chi connectivity index (χ2v) is 5.05. The summed E-state index contributed by atoms with van der Waals surface area (Å²) in [7, 11) is 0. The number of ketones is 1. The van der Waals surface area contributed by atoms with Crippen molar-refractivity contribution in [2.75, 3.05) is 0 Å². The smallest absolute Gasteiger partial charge is 0.171 e. The fourth-order valence-corrected chi connectivity index (χ4v) is 2.25. The van der Waals surface area contributed by atoms with Gasteiger partial charge in [-0.1, -0.05) is 18.5 Å².